The third-order valence-electron chi connectivity index (χ3n) is 4.52. The van der Waals surface area contributed by atoms with Gasteiger partial charge in [0.2, 0.25) is 11.8 Å². The van der Waals surface area contributed by atoms with E-state index in [2.05, 4.69) is 5.32 Å². The number of morpholine rings is 1. The summed E-state index contributed by atoms with van der Waals surface area (Å²) in [6, 6.07) is 9.61. The van der Waals surface area contributed by atoms with E-state index in [1.165, 1.54) is 23.5 Å². The number of amides is 2. The smallest absolute Gasteiger partial charge is 0.236 e. The minimum Gasteiger partial charge on any atom is -0.378 e. The molecule has 3 rings (SSSR count). The second-order valence-electron chi connectivity index (χ2n) is 6.73. The van der Waals surface area contributed by atoms with Crippen molar-refractivity contribution in [1.82, 2.24) is 15.1 Å². The quantitative estimate of drug-likeness (QED) is 0.764. The van der Waals surface area contributed by atoms with Gasteiger partial charge in [0.25, 0.3) is 0 Å². The zero-order valence-corrected chi connectivity index (χ0v) is 16.6. The summed E-state index contributed by atoms with van der Waals surface area (Å²) in [7, 11) is 1.75. The lowest BCUT2D eigenvalue weighted by molar-refractivity contribution is -0.136. The summed E-state index contributed by atoms with van der Waals surface area (Å²) < 4.78 is 18.5. The zero-order valence-electron chi connectivity index (χ0n) is 15.8. The van der Waals surface area contributed by atoms with Crippen LogP contribution < -0.4 is 5.32 Å². The number of ether oxygens (including phenoxy) is 1. The van der Waals surface area contributed by atoms with Crippen LogP contribution in [0.4, 0.5) is 4.39 Å². The minimum atomic E-state index is -0.351. The molecule has 28 heavy (non-hydrogen) atoms. The van der Waals surface area contributed by atoms with Gasteiger partial charge in [-0.3, -0.25) is 14.5 Å². The highest BCUT2D eigenvalue weighted by atomic mass is 32.1. The van der Waals surface area contributed by atoms with Crippen LogP contribution in [0.25, 0.3) is 0 Å². The second-order valence-corrected chi connectivity index (χ2v) is 7.71. The van der Waals surface area contributed by atoms with Crippen molar-refractivity contribution in [2.24, 2.45) is 0 Å². The van der Waals surface area contributed by atoms with Crippen LogP contribution >= 0.6 is 11.3 Å². The molecule has 0 spiro atoms. The first-order valence-electron chi connectivity index (χ1n) is 9.15. The SMILES string of the molecule is CN(CC(=O)N[C@@H](c1ccc(F)cc1)c1cccs1)CC(=O)N1CCOCC1. The predicted octanol–water partition coefficient (Wildman–Crippen LogP) is 1.88. The highest BCUT2D eigenvalue weighted by Gasteiger charge is 2.21. The van der Waals surface area contributed by atoms with E-state index in [9.17, 15) is 14.0 Å². The van der Waals surface area contributed by atoms with Gasteiger partial charge in [-0.05, 0) is 36.2 Å². The Bertz CT molecular complexity index is 777. The number of nitrogens with zero attached hydrogens (tertiary/aromatic N) is 2. The number of hydrogen-bond donors (Lipinski definition) is 1. The maximum absolute atomic E-state index is 13.3. The standard InChI is InChI=1S/C20H24FN3O3S/c1-23(14-19(26)24-8-10-27-11-9-24)13-18(25)22-20(17-3-2-12-28-17)15-4-6-16(21)7-5-15/h2-7,12,20H,8-11,13-14H2,1H3,(H,22,25)/t20-/m0/s1. The molecule has 0 unspecified atom stereocenters. The number of likely N-dealkylation sites (N-methyl/N-ethyl adjacent to an activating group) is 1. The highest BCUT2D eigenvalue weighted by molar-refractivity contribution is 7.10. The molecule has 1 aromatic carbocycles. The van der Waals surface area contributed by atoms with E-state index >= 15 is 0 Å². The van der Waals surface area contributed by atoms with Crippen LogP contribution in [0.5, 0.6) is 0 Å². The lowest BCUT2D eigenvalue weighted by Gasteiger charge is -2.28. The van der Waals surface area contributed by atoms with Crippen molar-refractivity contribution in [3.05, 3.63) is 58.0 Å². The number of halogens is 1. The summed E-state index contributed by atoms with van der Waals surface area (Å²) in [5, 5.41) is 4.94. The van der Waals surface area contributed by atoms with Crippen LogP contribution in [0.2, 0.25) is 0 Å². The van der Waals surface area contributed by atoms with Gasteiger partial charge in [-0.2, -0.15) is 0 Å². The fraction of sp³-hybridized carbons (Fsp3) is 0.400. The van der Waals surface area contributed by atoms with E-state index in [0.29, 0.717) is 26.3 Å². The topological polar surface area (TPSA) is 61.9 Å². The van der Waals surface area contributed by atoms with Gasteiger partial charge in [-0.25, -0.2) is 4.39 Å². The van der Waals surface area contributed by atoms with Crippen LogP contribution in [0.3, 0.4) is 0 Å². The molecule has 1 saturated heterocycles. The van der Waals surface area contributed by atoms with E-state index in [0.717, 1.165) is 10.4 Å². The largest absolute Gasteiger partial charge is 0.378 e. The molecule has 0 aliphatic carbocycles. The minimum absolute atomic E-state index is 0.00746. The van der Waals surface area contributed by atoms with Gasteiger partial charge in [-0.1, -0.05) is 18.2 Å². The van der Waals surface area contributed by atoms with Gasteiger partial charge >= 0.3 is 0 Å². The molecule has 1 aliphatic rings. The van der Waals surface area contributed by atoms with Gasteiger partial charge < -0.3 is 15.0 Å². The zero-order chi connectivity index (χ0) is 19.9. The lowest BCUT2D eigenvalue weighted by atomic mass is 10.1. The summed E-state index contributed by atoms with van der Waals surface area (Å²) in [6.07, 6.45) is 0. The van der Waals surface area contributed by atoms with Crippen molar-refractivity contribution >= 4 is 23.2 Å². The van der Waals surface area contributed by atoms with Crippen molar-refractivity contribution in [2.75, 3.05) is 46.4 Å². The molecule has 2 amide bonds. The first-order valence-corrected chi connectivity index (χ1v) is 10.0. The fourth-order valence-corrected chi connectivity index (χ4v) is 3.88. The molecular formula is C20H24FN3O3S. The number of hydrogen-bond acceptors (Lipinski definition) is 5. The molecule has 0 bridgehead atoms. The number of rotatable bonds is 7. The molecular weight excluding hydrogens is 381 g/mol. The highest BCUT2D eigenvalue weighted by Crippen LogP contribution is 2.26. The van der Waals surface area contributed by atoms with Gasteiger partial charge in [0.1, 0.15) is 5.82 Å². The number of benzene rings is 1. The Morgan fingerprint density at radius 3 is 2.57 bits per heavy atom. The number of thiophene rings is 1. The van der Waals surface area contributed by atoms with Crippen molar-refractivity contribution < 1.29 is 18.7 Å². The normalized spacial score (nSPS) is 15.5. The predicted molar refractivity (Wildman–Crippen MR) is 106 cm³/mol. The molecule has 150 valence electrons. The summed E-state index contributed by atoms with van der Waals surface area (Å²) >= 11 is 1.53. The molecule has 0 saturated carbocycles. The average Bonchev–Trinajstić information content (AvgIpc) is 3.22. The van der Waals surface area contributed by atoms with Crippen LogP contribution in [0, 0.1) is 5.82 Å². The maximum Gasteiger partial charge on any atom is 0.236 e. The number of nitrogens with one attached hydrogen (secondary N) is 1. The van der Waals surface area contributed by atoms with E-state index in [-0.39, 0.29) is 36.8 Å². The maximum atomic E-state index is 13.3. The van der Waals surface area contributed by atoms with Crippen LogP contribution in [-0.2, 0) is 14.3 Å². The fourth-order valence-electron chi connectivity index (χ4n) is 3.08. The van der Waals surface area contributed by atoms with Gasteiger partial charge in [0.05, 0.1) is 32.3 Å². The molecule has 1 N–H and O–H groups in total. The molecule has 2 heterocycles. The second kappa shape index (κ2) is 9.77. The molecule has 1 aromatic heterocycles. The Kier molecular flexibility index (Phi) is 7.13. The van der Waals surface area contributed by atoms with Crippen molar-refractivity contribution in [2.45, 2.75) is 6.04 Å². The first kappa shape index (κ1) is 20.4. The summed E-state index contributed by atoms with van der Waals surface area (Å²) in [6.45, 7) is 2.55. The molecule has 1 atom stereocenters. The van der Waals surface area contributed by atoms with Crippen molar-refractivity contribution in [3.63, 3.8) is 0 Å². The third-order valence-corrected chi connectivity index (χ3v) is 5.46. The Labute approximate surface area is 167 Å². The Balaban J connectivity index is 1.58. The molecule has 8 heteroatoms. The monoisotopic (exact) mass is 405 g/mol. The summed E-state index contributed by atoms with van der Waals surface area (Å²) in [5.41, 5.74) is 0.809. The number of carbonyl (C=O) groups excluding carboxylic acids is 2. The molecule has 1 fully saturated rings. The third kappa shape index (κ3) is 5.60. The number of carbonyl (C=O) groups is 2. The van der Waals surface area contributed by atoms with E-state index in [1.807, 2.05) is 17.5 Å². The van der Waals surface area contributed by atoms with E-state index < -0.39 is 0 Å². The van der Waals surface area contributed by atoms with E-state index in [4.69, 9.17) is 4.74 Å². The van der Waals surface area contributed by atoms with Gasteiger partial charge in [0.15, 0.2) is 0 Å². The van der Waals surface area contributed by atoms with Crippen molar-refractivity contribution in [1.29, 1.82) is 0 Å². The van der Waals surface area contributed by atoms with E-state index in [1.54, 1.807) is 29.0 Å². The van der Waals surface area contributed by atoms with Crippen LogP contribution in [-0.4, -0.2) is 68.1 Å². The average molecular weight is 405 g/mol. The first-order chi connectivity index (χ1) is 13.5. The van der Waals surface area contributed by atoms with Crippen LogP contribution in [0.15, 0.2) is 41.8 Å². The van der Waals surface area contributed by atoms with Crippen LogP contribution in [0.1, 0.15) is 16.5 Å². The molecule has 1 aliphatic heterocycles. The Morgan fingerprint density at radius 2 is 1.93 bits per heavy atom. The Hall–Kier alpha value is -2.29. The molecule has 6 nitrogen and oxygen atoms in total. The van der Waals surface area contributed by atoms with Gasteiger partial charge in [0, 0.05) is 18.0 Å². The lowest BCUT2D eigenvalue weighted by Crippen LogP contribution is -2.46. The Morgan fingerprint density at radius 1 is 1.21 bits per heavy atom. The van der Waals surface area contributed by atoms with Gasteiger partial charge in [-0.15, -0.1) is 11.3 Å². The summed E-state index contributed by atoms with van der Waals surface area (Å²) in [5.74, 6) is -0.520. The van der Waals surface area contributed by atoms with Crippen molar-refractivity contribution in [3.8, 4) is 0 Å². The summed E-state index contributed by atoms with van der Waals surface area (Å²) in [4.78, 5) is 29.3. The molecule has 0 radical (unpaired) electrons. The molecule has 2 aromatic rings.